The zero-order valence-electron chi connectivity index (χ0n) is 13.5. The maximum atomic E-state index is 12.4. The Bertz CT molecular complexity index is 513. The van der Waals surface area contributed by atoms with Crippen LogP contribution in [0.5, 0.6) is 0 Å². The third-order valence-electron chi connectivity index (χ3n) is 3.96. The molecule has 0 radical (unpaired) electrons. The first-order valence-corrected chi connectivity index (χ1v) is 8.51. The number of hydrogen-bond acceptors (Lipinski definition) is 7. The average Bonchev–Trinajstić information content (AvgIpc) is 2.54. The van der Waals surface area contributed by atoms with Crippen LogP contribution in [0.2, 0.25) is 0 Å². The van der Waals surface area contributed by atoms with Crippen molar-refractivity contribution in [2.24, 2.45) is 5.92 Å². The van der Waals surface area contributed by atoms with Crippen LogP contribution < -0.4 is 10.6 Å². The number of carbonyl (C=O) groups excluding carboxylic acids is 2. The lowest BCUT2D eigenvalue weighted by molar-refractivity contribution is -0.158. The van der Waals surface area contributed by atoms with Crippen LogP contribution in [-0.2, 0) is 25.4 Å². The highest BCUT2D eigenvalue weighted by molar-refractivity contribution is 7.80. The summed E-state index contributed by atoms with van der Waals surface area (Å²) in [5.74, 6) is -3.10. The molecule has 0 saturated heterocycles. The second kappa shape index (κ2) is 8.30. The van der Waals surface area contributed by atoms with Crippen LogP contribution in [0.3, 0.4) is 0 Å². The lowest BCUT2D eigenvalue weighted by atomic mass is 9.96. The Balaban J connectivity index is 3.02. The maximum absolute atomic E-state index is 12.4. The van der Waals surface area contributed by atoms with Gasteiger partial charge in [-0.05, 0) is 43.7 Å². The number of ether oxygens (including phenoxy) is 1. The first-order valence-electron chi connectivity index (χ1n) is 7.44. The van der Waals surface area contributed by atoms with Gasteiger partial charge in [-0.15, -0.1) is 0 Å². The van der Waals surface area contributed by atoms with Crippen LogP contribution in [0.25, 0.3) is 0 Å². The molecule has 8 nitrogen and oxygen atoms in total. The lowest BCUT2D eigenvalue weighted by Crippen LogP contribution is -2.43. The van der Waals surface area contributed by atoms with Crippen molar-refractivity contribution in [1.82, 2.24) is 10.6 Å². The van der Waals surface area contributed by atoms with Gasteiger partial charge in [0.15, 0.2) is 10.8 Å². The molecule has 1 fully saturated rings. The van der Waals surface area contributed by atoms with Crippen LogP contribution in [0.15, 0.2) is 11.5 Å². The average molecular weight is 347 g/mol. The van der Waals surface area contributed by atoms with Crippen molar-refractivity contribution in [1.29, 1.82) is 0 Å². The zero-order valence-corrected chi connectivity index (χ0v) is 14.3. The van der Waals surface area contributed by atoms with E-state index in [1.165, 1.54) is 21.0 Å². The van der Waals surface area contributed by atoms with E-state index in [2.05, 4.69) is 10.6 Å². The summed E-state index contributed by atoms with van der Waals surface area (Å²) in [6.45, 7) is 1.38. The van der Waals surface area contributed by atoms with E-state index < -0.39 is 39.7 Å². The fourth-order valence-electron chi connectivity index (χ4n) is 2.56. The van der Waals surface area contributed by atoms with Gasteiger partial charge in [0.2, 0.25) is 0 Å². The molecule has 0 aliphatic heterocycles. The molecule has 3 N–H and O–H groups in total. The van der Waals surface area contributed by atoms with Crippen LogP contribution in [0, 0.1) is 5.92 Å². The molecule has 0 aromatic carbocycles. The van der Waals surface area contributed by atoms with E-state index in [1.54, 1.807) is 0 Å². The van der Waals surface area contributed by atoms with Crippen LogP contribution in [0.4, 0.5) is 0 Å². The highest BCUT2D eigenvalue weighted by Crippen LogP contribution is 2.35. The molecule has 1 amide bonds. The normalized spacial score (nSPS) is 20.7. The molecule has 0 aromatic heterocycles. The predicted octanol–water partition coefficient (Wildman–Crippen LogP) is 0.440. The molecule has 0 heterocycles. The van der Waals surface area contributed by atoms with Crippen LogP contribution in [0.1, 0.15) is 39.0 Å². The summed E-state index contributed by atoms with van der Waals surface area (Å²) in [5, 5.41) is 14.5. The molecule has 0 bridgehead atoms. The number of likely N-dealkylation sites (N-methyl/N-ethyl adjacent to an activating group) is 1. The molecule has 1 aliphatic rings. The van der Waals surface area contributed by atoms with Crippen LogP contribution in [-0.4, -0.2) is 44.8 Å². The van der Waals surface area contributed by atoms with Gasteiger partial charge < -0.3 is 25.0 Å². The van der Waals surface area contributed by atoms with E-state index in [9.17, 15) is 23.5 Å². The third kappa shape index (κ3) is 4.44. The quantitative estimate of drug-likeness (QED) is 0.275. The predicted molar refractivity (Wildman–Crippen MR) is 82.8 cm³/mol. The van der Waals surface area contributed by atoms with E-state index in [4.69, 9.17) is 4.74 Å². The summed E-state index contributed by atoms with van der Waals surface area (Å²) in [5.41, 5.74) is -0.206. The lowest BCUT2D eigenvalue weighted by Gasteiger charge is -2.38. The van der Waals surface area contributed by atoms with E-state index in [0.717, 1.165) is 6.42 Å². The SMILES string of the molecule is CNC(=O)/C(=C(/O)NC)C(C)C(=O)OC1(S(=O)[O-])CCCCC1. The molecule has 1 saturated carbocycles. The molecule has 0 spiro atoms. The maximum Gasteiger partial charge on any atom is 0.314 e. The fourth-order valence-corrected chi connectivity index (χ4v) is 3.33. The Hall–Kier alpha value is -1.61. The molecule has 23 heavy (non-hydrogen) atoms. The van der Waals surface area contributed by atoms with Gasteiger partial charge in [0.25, 0.3) is 5.91 Å². The third-order valence-corrected chi connectivity index (χ3v) is 5.05. The summed E-state index contributed by atoms with van der Waals surface area (Å²) in [7, 11) is 2.75. The number of aliphatic hydroxyl groups is 1. The first kappa shape index (κ1) is 19.4. The first-order chi connectivity index (χ1) is 10.8. The van der Waals surface area contributed by atoms with Crippen molar-refractivity contribution in [3.05, 3.63) is 11.5 Å². The zero-order chi connectivity index (χ0) is 17.6. The van der Waals surface area contributed by atoms with Crippen molar-refractivity contribution in [3.8, 4) is 0 Å². The van der Waals surface area contributed by atoms with Crippen molar-refractivity contribution < 1.29 is 28.2 Å². The van der Waals surface area contributed by atoms with Gasteiger partial charge in [0.05, 0.1) is 11.5 Å². The van der Waals surface area contributed by atoms with E-state index in [1.807, 2.05) is 0 Å². The minimum atomic E-state index is -2.57. The van der Waals surface area contributed by atoms with Crippen molar-refractivity contribution in [3.63, 3.8) is 0 Å². The number of aliphatic hydroxyl groups excluding tert-OH is 1. The van der Waals surface area contributed by atoms with E-state index in [-0.39, 0.29) is 18.4 Å². The molecule has 2 atom stereocenters. The van der Waals surface area contributed by atoms with E-state index >= 15 is 0 Å². The number of carbonyl (C=O) groups is 2. The summed E-state index contributed by atoms with van der Waals surface area (Å²) >= 11 is -2.57. The molecular weight excluding hydrogens is 324 g/mol. The summed E-state index contributed by atoms with van der Waals surface area (Å²) in [4.78, 5) is 22.7. The van der Waals surface area contributed by atoms with Gasteiger partial charge in [0.1, 0.15) is 0 Å². The number of nitrogens with one attached hydrogen (secondary N) is 2. The second-order valence-corrected chi connectivity index (χ2v) is 6.65. The number of esters is 1. The smallest absolute Gasteiger partial charge is 0.314 e. The molecule has 132 valence electrons. The van der Waals surface area contributed by atoms with Gasteiger partial charge in [-0.3, -0.25) is 13.8 Å². The Morgan fingerprint density at radius 1 is 1.22 bits per heavy atom. The van der Waals surface area contributed by atoms with Gasteiger partial charge in [0, 0.05) is 14.1 Å². The Kier molecular flexibility index (Phi) is 7.01. The monoisotopic (exact) mass is 347 g/mol. The highest BCUT2D eigenvalue weighted by Gasteiger charge is 2.40. The Morgan fingerprint density at radius 2 is 1.78 bits per heavy atom. The molecular formula is C14H23N2O6S-. The molecule has 0 aromatic rings. The minimum absolute atomic E-state index is 0.206. The van der Waals surface area contributed by atoms with E-state index in [0.29, 0.717) is 12.8 Å². The number of amides is 1. The summed E-state index contributed by atoms with van der Waals surface area (Å²) in [6, 6.07) is 0. The summed E-state index contributed by atoms with van der Waals surface area (Å²) < 4.78 is 28.4. The van der Waals surface area contributed by atoms with Crippen molar-refractivity contribution in [2.45, 2.75) is 44.0 Å². The van der Waals surface area contributed by atoms with Gasteiger partial charge in [-0.2, -0.15) is 0 Å². The van der Waals surface area contributed by atoms with Crippen molar-refractivity contribution >= 4 is 23.0 Å². The molecule has 2 unspecified atom stereocenters. The number of rotatable bonds is 6. The van der Waals surface area contributed by atoms with Gasteiger partial charge >= 0.3 is 5.97 Å². The molecule has 1 rings (SSSR count). The largest absolute Gasteiger partial charge is 0.769 e. The standard InChI is InChI=1S/C14H24N2O6S/c1-9(10(11(17)15-2)12(18)16-3)13(19)22-14(23(20)21)7-5-4-6-8-14/h9,15,17H,4-8H2,1-3H3,(H,16,18)(H,20,21)/p-1/b11-10+. The fraction of sp³-hybridized carbons (Fsp3) is 0.714. The molecule has 1 aliphatic carbocycles. The Morgan fingerprint density at radius 3 is 2.22 bits per heavy atom. The Labute approximate surface area is 137 Å². The minimum Gasteiger partial charge on any atom is -0.769 e. The van der Waals surface area contributed by atoms with Gasteiger partial charge in [-0.25, -0.2) is 0 Å². The topological polar surface area (TPSA) is 128 Å². The molecule has 9 heteroatoms. The van der Waals surface area contributed by atoms with Crippen LogP contribution >= 0.6 is 0 Å². The summed E-state index contributed by atoms with van der Waals surface area (Å²) in [6.07, 6.45) is 2.65. The highest BCUT2D eigenvalue weighted by atomic mass is 32.2. The van der Waals surface area contributed by atoms with Crippen molar-refractivity contribution in [2.75, 3.05) is 14.1 Å². The number of hydrogen-bond donors (Lipinski definition) is 3. The second-order valence-electron chi connectivity index (χ2n) is 5.44. The van der Waals surface area contributed by atoms with Gasteiger partial charge in [-0.1, -0.05) is 6.42 Å².